The van der Waals surface area contributed by atoms with Gasteiger partial charge in [0.15, 0.2) is 0 Å². The molecule has 0 spiro atoms. The van der Waals surface area contributed by atoms with Crippen molar-refractivity contribution in [2.45, 2.75) is 19.9 Å². The van der Waals surface area contributed by atoms with Gasteiger partial charge in [0, 0.05) is 17.8 Å². The quantitative estimate of drug-likeness (QED) is 0.616. The molecule has 114 valence electrons. The molecule has 0 aliphatic rings. The second kappa shape index (κ2) is 7.94. The van der Waals surface area contributed by atoms with Crippen LogP contribution in [0.1, 0.15) is 13.8 Å². The maximum Gasteiger partial charge on any atom is 0.332 e. The Bertz CT molecular complexity index is 538. The summed E-state index contributed by atoms with van der Waals surface area (Å²) in [5, 5.41) is 5.60. The summed E-state index contributed by atoms with van der Waals surface area (Å²) in [5.41, 5.74) is 0.729. The molecule has 1 rings (SSSR count). The Morgan fingerprint density at radius 1 is 1.24 bits per heavy atom. The Morgan fingerprint density at radius 2 is 1.95 bits per heavy atom. The van der Waals surface area contributed by atoms with Crippen LogP contribution in [0.15, 0.2) is 36.0 Å². The Balaban J connectivity index is 2.98. The highest BCUT2D eigenvalue weighted by atomic mass is 16.5. The topological polar surface area (TPSA) is 76.7 Å². The summed E-state index contributed by atoms with van der Waals surface area (Å²) in [7, 11) is 2.80. The van der Waals surface area contributed by atoms with Crippen LogP contribution in [-0.2, 0) is 14.3 Å². The Kier molecular flexibility index (Phi) is 6.26. The van der Waals surface area contributed by atoms with Crippen molar-refractivity contribution >= 4 is 17.6 Å². The zero-order valence-electron chi connectivity index (χ0n) is 12.6. The second-order valence-corrected chi connectivity index (χ2v) is 4.57. The summed E-state index contributed by atoms with van der Waals surface area (Å²) in [6, 6.07) is 6.98. The SMILES string of the molecule is COC(=O)/C=C(\Nc1cccc(OC)c1)C(=O)NC(C)C. The fraction of sp³-hybridized carbons (Fsp3) is 0.333. The van der Waals surface area contributed by atoms with E-state index >= 15 is 0 Å². The van der Waals surface area contributed by atoms with Crippen molar-refractivity contribution in [1.29, 1.82) is 0 Å². The Morgan fingerprint density at radius 3 is 2.52 bits per heavy atom. The minimum absolute atomic E-state index is 0.0503. The van der Waals surface area contributed by atoms with Crippen LogP contribution in [0.5, 0.6) is 5.75 Å². The summed E-state index contributed by atoms with van der Waals surface area (Å²) in [5.74, 6) is -0.362. The molecule has 0 unspecified atom stereocenters. The van der Waals surface area contributed by atoms with E-state index in [-0.39, 0.29) is 11.7 Å². The monoisotopic (exact) mass is 292 g/mol. The number of carbonyl (C=O) groups is 2. The highest BCUT2D eigenvalue weighted by Gasteiger charge is 2.13. The van der Waals surface area contributed by atoms with E-state index in [2.05, 4.69) is 15.4 Å². The van der Waals surface area contributed by atoms with E-state index in [1.54, 1.807) is 31.4 Å². The number of methoxy groups -OCH3 is 2. The first-order chi connectivity index (χ1) is 9.96. The van der Waals surface area contributed by atoms with Crippen molar-refractivity contribution in [1.82, 2.24) is 5.32 Å². The highest BCUT2D eigenvalue weighted by Crippen LogP contribution is 2.18. The lowest BCUT2D eigenvalue weighted by Gasteiger charge is -2.14. The zero-order valence-corrected chi connectivity index (χ0v) is 12.6. The molecule has 1 aromatic carbocycles. The molecule has 1 aromatic rings. The van der Waals surface area contributed by atoms with E-state index in [0.29, 0.717) is 11.4 Å². The number of hydrogen-bond acceptors (Lipinski definition) is 5. The molecular weight excluding hydrogens is 272 g/mol. The second-order valence-electron chi connectivity index (χ2n) is 4.57. The first kappa shape index (κ1) is 16.6. The molecule has 1 amide bonds. The largest absolute Gasteiger partial charge is 0.497 e. The van der Waals surface area contributed by atoms with Crippen LogP contribution in [-0.4, -0.2) is 32.1 Å². The number of anilines is 1. The van der Waals surface area contributed by atoms with Gasteiger partial charge in [0.1, 0.15) is 11.4 Å². The molecule has 0 fully saturated rings. The van der Waals surface area contributed by atoms with Gasteiger partial charge in [0.05, 0.1) is 20.3 Å². The number of amides is 1. The molecule has 0 aromatic heterocycles. The first-order valence-electron chi connectivity index (χ1n) is 6.48. The van der Waals surface area contributed by atoms with Gasteiger partial charge in [-0.15, -0.1) is 0 Å². The first-order valence-corrected chi connectivity index (χ1v) is 6.48. The third-order valence-electron chi connectivity index (χ3n) is 2.48. The lowest BCUT2D eigenvalue weighted by atomic mass is 10.2. The van der Waals surface area contributed by atoms with Crippen molar-refractivity contribution in [2.24, 2.45) is 0 Å². The predicted molar refractivity (Wildman–Crippen MR) is 80.0 cm³/mol. The minimum atomic E-state index is -0.612. The summed E-state index contributed by atoms with van der Waals surface area (Å²) in [6.07, 6.45) is 1.11. The third kappa shape index (κ3) is 5.56. The molecular formula is C15H20N2O4. The van der Waals surface area contributed by atoms with E-state index in [1.165, 1.54) is 7.11 Å². The lowest BCUT2D eigenvalue weighted by Crippen LogP contribution is -2.34. The Labute approximate surface area is 124 Å². The Hall–Kier alpha value is -2.50. The van der Waals surface area contributed by atoms with Crippen molar-refractivity contribution in [3.05, 3.63) is 36.0 Å². The van der Waals surface area contributed by atoms with Gasteiger partial charge >= 0.3 is 5.97 Å². The van der Waals surface area contributed by atoms with Crippen LogP contribution in [0.4, 0.5) is 5.69 Å². The molecule has 0 heterocycles. The third-order valence-corrected chi connectivity index (χ3v) is 2.48. The molecule has 0 aliphatic carbocycles. The van der Waals surface area contributed by atoms with Crippen LogP contribution < -0.4 is 15.4 Å². The van der Waals surface area contributed by atoms with E-state index in [1.807, 2.05) is 13.8 Å². The predicted octanol–water partition coefficient (Wildman–Crippen LogP) is 1.69. The van der Waals surface area contributed by atoms with Gasteiger partial charge in [-0.25, -0.2) is 4.79 Å². The molecule has 6 heteroatoms. The van der Waals surface area contributed by atoms with Crippen LogP contribution in [0.3, 0.4) is 0 Å². The fourth-order valence-corrected chi connectivity index (χ4v) is 1.53. The van der Waals surface area contributed by atoms with Gasteiger partial charge in [0.25, 0.3) is 5.91 Å². The van der Waals surface area contributed by atoms with Gasteiger partial charge in [0.2, 0.25) is 0 Å². The summed E-state index contributed by atoms with van der Waals surface area (Å²) >= 11 is 0. The molecule has 0 saturated carbocycles. The molecule has 0 saturated heterocycles. The number of nitrogens with one attached hydrogen (secondary N) is 2. The van der Waals surface area contributed by atoms with Crippen molar-refractivity contribution in [3.63, 3.8) is 0 Å². The summed E-state index contributed by atoms with van der Waals surface area (Å²) in [4.78, 5) is 23.5. The average molecular weight is 292 g/mol. The van der Waals surface area contributed by atoms with Crippen molar-refractivity contribution in [3.8, 4) is 5.75 Å². The number of esters is 1. The number of hydrogen-bond donors (Lipinski definition) is 2. The number of benzene rings is 1. The maximum atomic E-state index is 12.1. The number of rotatable bonds is 6. The van der Waals surface area contributed by atoms with Gasteiger partial charge in [-0.1, -0.05) is 6.07 Å². The van der Waals surface area contributed by atoms with E-state index < -0.39 is 11.9 Å². The van der Waals surface area contributed by atoms with Crippen molar-refractivity contribution in [2.75, 3.05) is 19.5 Å². The summed E-state index contributed by atoms with van der Waals surface area (Å²) in [6.45, 7) is 3.67. The highest BCUT2D eigenvalue weighted by molar-refractivity contribution is 6.01. The van der Waals surface area contributed by atoms with Crippen LogP contribution in [0.2, 0.25) is 0 Å². The maximum absolute atomic E-state index is 12.1. The molecule has 21 heavy (non-hydrogen) atoms. The van der Waals surface area contributed by atoms with E-state index in [9.17, 15) is 9.59 Å². The zero-order chi connectivity index (χ0) is 15.8. The molecule has 0 atom stereocenters. The lowest BCUT2D eigenvalue weighted by molar-refractivity contribution is -0.135. The number of carbonyl (C=O) groups excluding carboxylic acids is 2. The molecule has 0 aliphatic heterocycles. The summed E-state index contributed by atoms with van der Waals surface area (Å²) < 4.78 is 9.67. The normalized spacial score (nSPS) is 11.0. The standard InChI is InChI=1S/C15H20N2O4/c1-10(2)16-15(19)13(9-14(18)21-4)17-11-6-5-7-12(8-11)20-3/h5-10,17H,1-4H3,(H,16,19)/b13-9-. The average Bonchev–Trinajstić information content (AvgIpc) is 2.45. The van der Waals surface area contributed by atoms with Gasteiger partial charge in [-0.2, -0.15) is 0 Å². The van der Waals surface area contributed by atoms with Crippen LogP contribution >= 0.6 is 0 Å². The van der Waals surface area contributed by atoms with Gasteiger partial charge < -0.3 is 20.1 Å². The van der Waals surface area contributed by atoms with Gasteiger partial charge in [-0.05, 0) is 26.0 Å². The van der Waals surface area contributed by atoms with Crippen molar-refractivity contribution < 1.29 is 19.1 Å². The van der Waals surface area contributed by atoms with Gasteiger partial charge in [-0.3, -0.25) is 4.79 Å². The molecule has 0 bridgehead atoms. The number of ether oxygens (including phenoxy) is 2. The van der Waals surface area contributed by atoms with Crippen LogP contribution in [0, 0.1) is 0 Å². The molecule has 2 N–H and O–H groups in total. The van der Waals surface area contributed by atoms with Crippen LogP contribution in [0.25, 0.3) is 0 Å². The fourth-order valence-electron chi connectivity index (χ4n) is 1.53. The smallest absolute Gasteiger partial charge is 0.332 e. The van der Waals surface area contributed by atoms with E-state index in [0.717, 1.165) is 6.08 Å². The molecule has 6 nitrogen and oxygen atoms in total. The van der Waals surface area contributed by atoms with E-state index in [4.69, 9.17) is 4.74 Å². The minimum Gasteiger partial charge on any atom is -0.497 e. The molecule has 0 radical (unpaired) electrons.